The number of rotatable bonds is 5. The lowest BCUT2D eigenvalue weighted by Gasteiger charge is -2.28. The van der Waals surface area contributed by atoms with Crippen molar-refractivity contribution >= 4 is 33.3 Å². The second kappa shape index (κ2) is 6.81. The summed E-state index contributed by atoms with van der Waals surface area (Å²) in [5.74, 6) is 0. The number of nitrogens with zero attached hydrogens (tertiary/aromatic N) is 2. The first-order chi connectivity index (χ1) is 10.1. The highest BCUT2D eigenvalue weighted by Gasteiger charge is 2.31. The maximum Gasteiger partial charge on any atom is 0.245 e. The van der Waals surface area contributed by atoms with Crippen molar-refractivity contribution in [3.63, 3.8) is 0 Å². The fourth-order valence-electron chi connectivity index (χ4n) is 2.72. The Morgan fingerprint density at radius 1 is 1.26 bits per heavy atom. The molecular formula is C16H26ClN3O2S. The molecule has 1 aromatic heterocycles. The molecule has 0 radical (unpaired) electrons. The summed E-state index contributed by atoms with van der Waals surface area (Å²) in [5, 5.41) is 0.764. The average Bonchev–Trinajstić information content (AvgIpc) is 2.71. The summed E-state index contributed by atoms with van der Waals surface area (Å²) in [6.45, 7) is 6.59. The summed E-state index contributed by atoms with van der Waals surface area (Å²) in [4.78, 5) is 0.390. The number of sulfonamides is 1. The Balaban J connectivity index is 0.00000264. The molecule has 7 heteroatoms. The normalized spacial score (nSPS) is 12.7. The first-order valence-corrected chi connectivity index (χ1v) is 8.76. The van der Waals surface area contributed by atoms with Gasteiger partial charge in [0.1, 0.15) is 4.90 Å². The molecule has 0 aliphatic heterocycles. The van der Waals surface area contributed by atoms with Crippen LogP contribution in [0, 0.1) is 12.3 Å². The van der Waals surface area contributed by atoms with E-state index >= 15 is 0 Å². The van der Waals surface area contributed by atoms with Gasteiger partial charge in [0.2, 0.25) is 10.0 Å². The maximum absolute atomic E-state index is 13.0. The van der Waals surface area contributed by atoms with Gasteiger partial charge >= 0.3 is 0 Å². The number of hydrogen-bond acceptors (Lipinski definition) is 3. The molecule has 0 aliphatic carbocycles. The van der Waals surface area contributed by atoms with Gasteiger partial charge in [0, 0.05) is 37.2 Å². The fourth-order valence-corrected chi connectivity index (χ4v) is 4.51. The minimum atomic E-state index is -3.56. The fraction of sp³-hybridized carbons (Fsp3) is 0.500. The lowest BCUT2D eigenvalue weighted by Crippen LogP contribution is -2.39. The molecule has 23 heavy (non-hydrogen) atoms. The molecular weight excluding hydrogens is 334 g/mol. The van der Waals surface area contributed by atoms with E-state index in [9.17, 15) is 8.42 Å². The van der Waals surface area contributed by atoms with Crippen LogP contribution in [0.25, 0.3) is 10.9 Å². The third-order valence-electron chi connectivity index (χ3n) is 4.21. The highest BCUT2D eigenvalue weighted by atomic mass is 35.5. The van der Waals surface area contributed by atoms with E-state index in [4.69, 9.17) is 5.73 Å². The molecule has 2 rings (SSSR count). The first kappa shape index (κ1) is 20.0. The van der Waals surface area contributed by atoms with Gasteiger partial charge in [-0.1, -0.05) is 32.0 Å². The molecule has 0 saturated carbocycles. The van der Waals surface area contributed by atoms with Crippen LogP contribution < -0.4 is 5.73 Å². The molecule has 0 fully saturated rings. The van der Waals surface area contributed by atoms with Crippen molar-refractivity contribution in [2.75, 3.05) is 20.1 Å². The van der Waals surface area contributed by atoms with Gasteiger partial charge in [0.15, 0.2) is 0 Å². The lowest BCUT2D eigenvalue weighted by atomic mass is 9.94. The van der Waals surface area contributed by atoms with Crippen LogP contribution in [0.5, 0.6) is 0 Å². The van der Waals surface area contributed by atoms with Crippen LogP contribution >= 0.6 is 12.4 Å². The first-order valence-electron chi connectivity index (χ1n) is 7.32. The van der Waals surface area contributed by atoms with Gasteiger partial charge < -0.3 is 10.3 Å². The largest absolute Gasteiger partial charge is 0.347 e. The van der Waals surface area contributed by atoms with Crippen LogP contribution in [0.4, 0.5) is 0 Å². The van der Waals surface area contributed by atoms with Crippen LogP contribution in [-0.4, -0.2) is 37.4 Å². The SMILES string of the molecule is Cc1c(S(=O)(=O)N(C)CC(C)(C)CN)c2ccccc2n1C.Cl. The number of para-hydroxylation sites is 1. The monoisotopic (exact) mass is 359 g/mol. The lowest BCUT2D eigenvalue weighted by molar-refractivity contribution is 0.292. The standard InChI is InChI=1S/C16H25N3O2S.ClH/c1-12-15(13-8-6-7-9-14(13)19(12)5)22(20,21)18(4)11-16(2,3)10-17;/h6-9H,10-11,17H2,1-5H3;1H. The van der Waals surface area contributed by atoms with E-state index in [1.165, 1.54) is 4.31 Å². The Morgan fingerprint density at radius 2 is 1.83 bits per heavy atom. The Hall–Kier alpha value is -1.08. The number of halogens is 1. The van der Waals surface area contributed by atoms with E-state index in [2.05, 4.69) is 0 Å². The summed E-state index contributed by atoms with van der Waals surface area (Å²) < 4.78 is 29.4. The molecule has 0 unspecified atom stereocenters. The molecule has 0 bridgehead atoms. The molecule has 0 aliphatic rings. The van der Waals surface area contributed by atoms with E-state index in [0.29, 0.717) is 18.0 Å². The molecule has 1 aromatic carbocycles. The van der Waals surface area contributed by atoms with Crippen molar-refractivity contribution in [2.45, 2.75) is 25.7 Å². The zero-order chi connectivity index (χ0) is 16.7. The number of nitrogens with two attached hydrogens (primary N) is 1. The molecule has 5 nitrogen and oxygen atoms in total. The molecule has 0 amide bonds. The summed E-state index contributed by atoms with van der Waals surface area (Å²) in [7, 11) is -0.0534. The predicted octanol–water partition coefficient (Wildman–Crippen LogP) is 2.51. The van der Waals surface area contributed by atoms with Crippen LogP contribution in [-0.2, 0) is 17.1 Å². The quantitative estimate of drug-likeness (QED) is 0.891. The number of benzene rings is 1. The minimum absolute atomic E-state index is 0. The molecule has 0 atom stereocenters. The number of fused-ring (bicyclic) bond motifs is 1. The Kier molecular flexibility index (Phi) is 5.91. The van der Waals surface area contributed by atoms with Crippen molar-refractivity contribution in [1.29, 1.82) is 0 Å². The van der Waals surface area contributed by atoms with Crippen molar-refractivity contribution in [1.82, 2.24) is 8.87 Å². The second-order valence-corrected chi connectivity index (χ2v) is 8.60. The highest BCUT2D eigenvalue weighted by molar-refractivity contribution is 7.89. The van der Waals surface area contributed by atoms with Crippen molar-refractivity contribution in [2.24, 2.45) is 18.2 Å². The summed E-state index contributed by atoms with van der Waals surface area (Å²) in [5.41, 5.74) is 7.14. The average molecular weight is 360 g/mol. The van der Waals surface area contributed by atoms with E-state index in [0.717, 1.165) is 16.6 Å². The summed E-state index contributed by atoms with van der Waals surface area (Å²) >= 11 is 0. The molecule has 0 spiro atoms. The number of hydrogen-bond donors (Lipinski definition) is 1. The zero-order valence-corrected chi connectivity index (χ0v) is 16.0. The second-order valence-electron chi connectivity index (χ2n) is 6.62. The van der Waals surface area contributed by atoms with Crippen LogP contribution in [0.15, 0.2) is 29.2 Å². The van der Waals surface area contributed by atoms with Crippen molar-refractivity contribution < 1.29 is 8.42 Å². The van der Waals surface area contributed by atoms with Gasteiger partial charge in [-0.3, -0.25) is 0 Å². The number of aryl methyl sites for hydroxylation is 1. The van der Waals surface area contributed by atoms with Crippen LogP contribution in [0.2, 0.25) is 0 Å². The highest BCUT2D eigenvalue weighted by Crippen LogP contribution is 2.31. The molecule has 1 heterocycles. The van der Waals surface area contributed by atoms with Crippen LogP contribution in [0.1, 0.15) is 19.5 Å². The molecule has 2 N–H and O–H groups in total. The van der Waals surface area contributed by atoms with Gasteiger partial charge in [0.05, 0.1) is 0 Å². The van der Waals surface area contributed by atoms with Crippen LogP contribution in [0.3, 0.4) is 0 Å². The Bertz CT molecular complexity index is 797. The van der Waals surface area contributed by atoms with E-state index in [1.807, 2.05) is 56.7 Å². The Morgan fingerprint density at radius 3 is 2.39 bits per heavy atom. The third-order valence-corrected chi connectivity index (χ3v) is 6.19. The van der Waals surface area contributed by atoms with Gasteiger partial charge in [-0.05, 0) is 24.9 Å². The smallest absolute Gasteiger partial charge is 0.245 e. The Labute approximate surface area is 144 Å². The van der Waals surface area contributed by atoms with Crippen molar-refractivity contribution in [3.05, 3.63) is 30.0 Å². The van der Waals surface area contributed by atoms with Gasteiger partial charge in [-0.2, -0.15) is 0 Å². The molecule has 0 saturated heterocycles. The van der Waals surface area contributed by atoms with Gasteiger partial charge in [0.25, 0.3) is 0 Å². The van der Waals surface area contributed by atoms with Gasteiger partial charge in [-0.15, -0.1) is 12.4 Å². The predicted molar refractivity (Wildman–Crippen MR) is 97.6 cm³/mol. The van der Waals surface area contributed by atoms with Gasteiger partial charge in [-0.25, -0.2) is 12.7 Å². The zero-order valence-electron chi connectivity index (χ0n) is 14.3. The third kappa shape index (κ3) is 3.55. The topological polar surface area (TPSA) is 68.3 Å². The summed E-state index contributed by atoms with van der Waals surface area (Å²) in [6, 6.07) is 7.58. The number of aromatic nitrogens is 1. The van der Waals surface area contributed by atoms with E-state index in [-0.39, 0.29) is 17.8 Å². The molecule has 130 valence electrons. The van der Waals surface area contributed by atoms with Crippen molar-refractivity contribution in [3.8, 4) is 0 Å². The minimum Gasteiger partial charge on any atom is -0.347 e. The van der Waals surface area contributed by atoms with E-state index < -0.39 is 10.0 Å². The maximum atomic E-state index is 13.0. The van der Waals surface area contributed by atoms with E-state index in [1.54, 1.807) is 7.05 Å². The molecule has 2 aromatic rings. The summed E-state index contributed by atoms with van der Waals surface area (Å²) in [6.07, 6.45) is 0.